The Bertz CT molecular complexity index is 754. The molecule has 0 aromatic rings. The minimum Gasteiger partial charge on any atom is -0.391 e. The zero-order valence-electron chi connectivity index (χ0n) is 30.8. The normalized spacial score (nSPS) is 14.4. The molecule has 0 saturated carbocycles. The smallest absolute Gasteiger partial charge is 0.391 e. The van der Waals surface area contributed by atoms with Crippen molar-refractivity contribution in [3.8, 4) is 0 Å². The minimum atomic E-state index is -4.31. The van der Waals surface area contributed by atoms with Crippen molar-refractivity contribution >= 4 is 13.7 Å². The predicted octanol–water partition coefficient (Wildman–Crippen LogP) is 10.4. The fourth-order valence-corrected chi connectivity index (χ4v) is 6.60. The molecule has 0 aromatic carbocycles. The van der Waals surface area contributed by atoms with Gasteiger partial charge in [-0.05, 0) is 32.1 Å². The average molecular weight is 689 g/mol. The summed E-state index contributed by atoms with van der Waals surface area (Å²) in [7, 11) is -4.31. The maximum absolute atomic E-state index is 12.7. The molecule has 0 aliphatic heterocycles. The van der Waals surface area contributed by atoms with Crippen molar-refractivity contribution in [3.05, 3.63) is 12.2 Å². The van der Waals surface area contributed by atoms with Gasteiger partial charge >= 0.3 is 7.82 Å². The SMILES string of the molecule is CCC/C=C\CCCCCCCC(=O)NC(COP(=O)(O)OCCN)C(O)CCCCCCCCCCCCCCCCCCCC. The summed E-state index contributed by atoms with van der Waals surface area (Å²) >= 11 is 0. The van der Waals surface area contributed by atoms with Gasteiger partial charge in [-0.2, -0.15) is 0 Å². The molecule has 5 N–H and O–H groups in total. The average Bonchev–Trinajstić information content (AvgIpc) is 3.05. The Morgan fingerprint density at radius 2 is 1.15 bits per heavy atom. The zero-order valence-corrected chi connectivity index (χ0v) is 31.7. The molecule has 0 radical (unpaired) electrons. The molecule has 0 saturated heterocycles. The van der Waals surface area contributed by atoms with Crippen molar-refractivity contribution in [1.29, 1.82) is 0 Å². The number of hydrogen-bond acceptors (Lipinski definition) is 6. The Morgan fingerprint density at radius 3 is 1.66 bits per heavy atom. The van der Waals surface area contributed by atoms with Gasteiger partial charge in [0.1, 0.15) is 0 Å². The van der Waals surface area contributed by atoms with E-state index in [0.717, 1.165) is 57.8 Å². The van der Waals surface area contributed by atoms with E-state index in [0.29, 0.717) is 12.8 Å². The van der Waals surface area contributed by atoms with Gasteiger partial charge in [0.2, 0.25) is 5.91 Å². The lowest BCUT2D eigenvalue weighted by molar-refractivity contribution is -0.123. The highest BCUT2D eigenvalue weighted by Gasteiger charge is 2.27. The maximum atomic E-state index is 12.7. The number of carbonyl (C=O) groups excluding carboxylic acids is 1. The standard InChI is InChI=1S/C38H77N2O6P/c1-3-5-7-9-11-13-15-16-17-18-19-20-21-22-23-25-27-29-31-37(41)36(35-46-47(43,44)45-34-33-39)40-38(42)32-30-28-26-24-14-12-10-8-6-4-2/h8,10,36-37,41H,3-7,9,11-35,39H2,1-2H3,(H,40,42)(H,43,44)/b10-8-. The quantitative estimate of drug-likeness (QED) is 0.0290. The van der Waals surface area contributed by atoms with Crippen LogP contribution in [0.4, 0.5) is 0 Å². The topological polar surface area (TPSA) is 131 Å². The Balaban J connectivity index is 4.15. The largest absolute Gasteiger partial charge is 0.472 e. The van der Waals surface area contributed by atoms with Crippen LogP contribution >= 0.6 is 7.82 Å². The van der Waals surface area contributed by atoms with E-state index in [4.69, 9.17) is 14.8 Å². The number of nitrogens with two attached hydrogens (primary N) is 1. The fourth-order valence-electron chi connectivity index (χ4n) is 5.84. The first-order valence-electron chi connectivity index (χ1n) is 19.8. The van der Waals surface area contributed by atoms with Crippen LogP contribution in [0.2, 0.25) is 0 Å². The van der Waals surface area contributed by atoms with Crippen LogP contribution in [0.5, 0.6) is 0 Å². The van der Waals surface area contributed by atoms with Crippen molar-refractivity contribution in [2.45, 2.75) is 206 Å². The van der Waals surface area contributed by atoms with Gasteiger partial charge in [0.05, 0.1) is 25.4 Å². The second-order valence-corrected chi connectivity index (χ2v) is 14.9. The lowest BCUT2D eigenvalue weighted by Crippen LogP contribution is -2.46. The van der Waals surface area contributed by atoms with Gasteiger partial charge in [-0.15, -0.1) is 0 Å². The van der Waals surface area contributed by atoms with E-state index < -0.39 is 20.0 Å². The minimum absolute atomic E-state index is 0.0889. The van der Waals surface area contributed by atoms with Gasteiger partial charge < -0.3 is 21.1 Å². The lowest BCUT2D eigenvalue weighted by Gasteiger charge is -2.25. The summed E-state index contributed by atoms with van der Waals surface area (Å²) in [5.41, 5.74) is 5.36. The van der Waals surface area contributed by atoms with E-state index in [2.05, 4.69) is 31.3 Å². The number of phosphoric ester groups is 1. The van der Waals surface area contributed by atoms with Crippen LogP contribution in [-0.4, -0.2) is 47.8 Å². The number of phosphoric acid groups is 1. The highest BCUT2D eigenvalue weighted by Crippen LogP contribution is 2.43. The molecule has 280 valence electrons. The Morgan fingerprint density at radius 1 is 0.681 bits per heavy atom. The van der Waals surface area contributed by atoms with Gasteiger partial charge in [-0.25, -0.2) is 4.57 Å². The molecule has 9 heteroatoms. The van der Waals surface area contributed by atoms with E-state index in [1.807, 2.05) is 0 Å². The van der Waals surface area contributed by atoms with Crippen LogP contribution in [-0.2, 0) is 18.4 Å². The number of hydrogen-bond donors (Lipinski definition) is 4. The summed E-state index contributed by atoms with van der Waals surface area (Å²) < 4.78 is 22.1. The summed E-state index contributed by atoms with van der Waals surface area (Å²) in [5, 5.41) is 13.7. The highest BCUT2D eigenvalue weighted by molar-refractivity contribution is 7.47. The number of unbranched alkanes of at least 4 members (excludes halogenated alkanes) is 23. The van der Waals surface area contributed by atoms with Crippen molar-refractivity contribution in [1.82, 2.24) is 5.32 Å². The van der Waals surface area contributed by atoms with Crippen LogP contribution in [0.1, 0.15) is 194 Å². The number of allylic oxidation sites excluding steroid dienone is 2. The van der Waals surface area contributed by atoms with Crippen LogP contribution < -0.4 is 11.1 Å². The first-order chi connectivity index (χ1) is 22.9. The van der Waals surface area contributed by atoms with Crippen molar-refractivity contribution in [3.63, 3.8) is 0 Å². The molecule has 1 amide bonds. The number of aliphatic hydroxyl groups excluding tert-OH is 1. The van der Waals surface area contributed by atoms with E-state index >= 15 is 0 Å². The molecule has 0 aliphatic carbocycles. The summed E-state index contributed by atoms with van der Waals surface area (Å²) in [6.45, 7) is 4.14. The molecule has 8 nitrogen and oxygen atoms in total. The van der Waals surface area contributed by atoms with E-state index in [1.54, 1.807) is 0 Å². The fraction of sp³-hybridized carbons (Fsp3) is 0.921. The summed E-state index contributed by atoms with van der Waals surface area (Å²) in [6, 6.07) is -0.773. The van der Waals surface area contributed by atoms with Crippen LogP contribution in [0.3, 0.4) is 0 Å². The molecule has 0 aromatic heterocycles. The van der Waals surface area contributed by atoms with Gasteiger partial charge in [-0.3, -0.25) is 13.8 Å². The van der Waals surface area contributed by atoms with Gasteiger partial charge in [-0.1, -0.05) is 167 Å². The monoisotopic (exact) mass is 689 g/mol. The molecular formula is C38H77N2O6P. The number of rotatable bonds is 37. The number of nitrogens with one attached hydrogen (secondary N) is 1. The second-order valence-electron chi connectivity index (χ2n) is 13.5. The molecule has 0 rings (SSSR count). The lowest BCUT2D eigenvalue weighted by atomic mass is 10.0. The number of amides is 1. The van der Waals surface area contributed by atoms with Crippen LogP contribution in [0.15, 0.2) is 12.2 Å². The van der Waals surface area contributed by atoms with Crippen molar-refractivity contribution in [2.24, 2.45) is 5.73 Å². The third kappa shape index (κ3) is 33.5. The number of carbonyl (C=O) groups is 1. The molecule has 0 spiro atoms. The van der Waals surface area contributed by atoms with Crippen molar-refractivity contribution < 1.29 is 28.4 Å². The Labute approximate surface area is 290 Å². The highest BCUT2D eigenvalue weighted by atomic mass is 31.2. The summed E-state index contributed by atoms with van der Waals surface area (Å²) in [5.74, 6) is -0.173. The van der Waals surface area contributed by atoms with Crippen LogP contribution in [0.25, 0.3) is 0 Å². The van der Waals surface area contributed by atoms with E-state index in [9.17, 15) is 19.4 Å². The Hall–Kier alpha value is -0.760. The van der Waals surface area contributed by atoms with Crippen molar-refractivity contribution in [2.75, 3.05) is 19.8 Å². The first kappa shape index (κ1) is 46.2. The van der Waals surface area contributed by atoms with Gasteiger partial charge in [0.25, 0.3) is 0 Å². The van der Waals surface area contributed by atoms with Gasteiger partial charge in [0.15, 0.2) is 0 Å². The molecule has 0 fully saturated rings. The van der Waals surface area contributed by atoms with Crippen LogP contribution in [0, 0.1) is 0 Å². The predicted molar refractivity (Wildman–Crippen MR) is 198 cm³/mol. The van der Waals surface area contributed by atoms with E-state index in [-0.39, 0.29) is 25.7 Å². The summed E-state index contributed by atoms with van der Waals surface area (Å²) in [4.78, 5) is 22.6. The molecule has 0 heterocycles. The molecule has 0 aliphatic rings. The zero-order chi connectivity index (χ0) is 34.7. The summed E-state index contributed by atoms with van der Waals surface area (Å²) in [6.07, 6.45) is 36.5. The van der Waals surface area contributed by atoms with Gasteiger partial charge in [0, 0.05) is 13.0 Å². The third-order valence-corrected chi connectivity index (χ3v) is 9.83. The molecular weight excluding hydrogens is 611 g/mol. The van der Waals surface area contributed by atoms with E-state index in [1.165, 1.54) is 109 Å². The second kappa shape index (κ2) is 35.1. The number of aliphatic hydroxyl groups is 1. The molecule has 3 atom stereocenters. The molecule has 47 heavy (non-hydrogen) atoms. The third-order valence-electron chi connectivity index (χ3n) is 8.85. The maximum Gasteiger partial charge on any atom is 0.472 e. The first-order valence-corrected chi connectivity index (χ1v) is 21.3. The Kier molecular flexibility index (Phi) is 34.5. The molecule has 0 bridgehead atoms. The molecule has 3 unspecified atom stereocenters.